The molecule has 2 rings (SSSR count). The summed E-state index contributed by atoms with van der Waals surface area (Å²) >= 11 is 0. The van der Waals surface area contributed by atoms with Crippen molar-refractivity contribution < 1.29 is 73.8 Å². The van der Waals surface area contributed by atoms with Crippen molar-refractivity contribution in [2.45, 2.75) is 248 Å². The lowest BCUT2D eigenvalue weighted by Gasteiger charge is -2.42. The Bertz CT molecular complexity index is 1290. The van der Waals surface area contributed by atoms with Crippen LogP contribution in [0.5, 0.6) is 0 Å². The van der Waals surface area contributed by atoms with Crippen LogP contribution in [0.15, 0.2) is 36.5 Å². The summed E-state index contributed by atoms with van der Waals surface area (Å²) in [5, 5.41) is 72.0. The molecule has 0 saturated carbocycles. The van der Waals surface area contributed by atoms with E-state index >= 15 is 0 Å². The molecule has 15 heteroatoms. The fourth-order valence-corrected chi connectivity index (χ4v) is 7.94. The van der Waals surface area contributed by atoms with Gasteiger partial charge in [0, 0.05) is 12.8 Å². The van der Waals surface area contributed by atoms with Gasteiger partial charge in [0.2, 0.25) is 0 Å². The highest BCUT2D eigenvalue weighted by molar-refractivity contribution is 5.70. The van der Waals surface area contributed by atoms with Gasteiger partial charge in [-0.1, -0.05) is 159 Å². The zero-order valence-electron chi connectivity index (χ0n) is 40.4. The van der Waals surface area contributed by atoms with E-state index in [-0.39, 0.29) is 26.1 Å². The van der Waals surface area contributed by atoms with Gasteiger partial charge in [-0.2, -0.15) is 0 Å². The number of esters is 2. The van der Waals surface area contributed by atoms with Gasteiger partial charge < -0.3 is 64.2 Å². The summed E-state index contributed by atoms with van der Waals surface area (Å²) in [5.74, 6) is -0.940. The smallest absolute Gasteiger partial charge is 0.306 e. The number of ether oxygens (including phenoxy) is 6. The van der Waals surface area contributed by atoms with Crippen molar-refractivity contribution in [3.05, 3.63) is 36.5 Å². The van der Waals surface area contributed by atoms with Gasteiger partial charge in [-0.15, -0.1) is 0 Å². The minimum Gasteiger partial charge on any atom is -0.462 e. The molecule has 0 spiro atoms. The van der Waals surface area contributed by atoms with Crippen molar-refractivity contribution in [1.29, 1.82) is 0 Å². The molecule has 0 unspecified atom stereocenters. The molecule has 0 aromatic carbocycles. The van der Waals surface area contributed by atoms with Crippen LogP contribution in [0, 0.1) is 0 Å². The summed E-state index contributed by atoms with van der Waals surface area (Å²) in [7, 11) is 0. The predicted octanol–water partition coefficient (Wildman–Crippen LogP) is 6.93. The van der Waals surface area contributed by atoms with Crippen LogP contribution in [0.4, 0.5) is 0 Å². The Labute approximate surface area is 395 Å². The summed E-state index contributed by atoms with van der Waals surface area (Å²) in [6.07, 6.45) is 23.1. The van der Waals surface area contributed by atoms with Gasteiger partial charge in [0.25, 0.3) is 0 Å². The molecule has 0 radical (unpaired) electrons. The van der Waals surface area contributed by atoms with E-state index in [1.54, 1.807) is 0 Å². The van der Waals surface area contributed by atoms with Crippen molar-refractivity contribution in [2.24, 2.45) is 0 Å². The molecule has 15 nitrogen and oxygen atoms in total. The molecular weight excluding hydrogens is 853 g/mol. The molecule has 0 amide bonds. The number of unbranched alkanes of at least 4 members (excludes halogenated alkanes) is 19. The maximum atomic E-state index is 13.0. The second kappa shape index (κ2) is 38.6. The van der Waals surface area contributed by atoms with Crippen molar-refractivity contribution in [3.8, 4) is 0 Å². The molecular formula is C51H90O15. The van der Waals surface area contributed by atoms with Gasteiger partial charge in [0.15, 0.2) is 18.7 Å². The van der Waals surface area contributed by atoms with Crippen LogP contribution in [-0.4, -0.2) is 142 Å². The highest BCUT2D eigenvalue weighted by Gasteiger charge is 2.47. The van der Waals surface area contributed by atoms with Crippen LogP contribution in [0.2, 0.25) is 0 Å². The van der Waals surface area contributed by atoms with Gasteiger partial charge in [-0.3, -0.25) is 9.59 Å². The Morgan fingerprint density at radius 1 is 0.500 bits per heavy atom. The molecule has 2 aliphatic heterocycles. The van der Waals surface area contributed by atoms with Crippen LogP contribution < -0.4 is 0 Å². The largest absolute Gasteiger partial charge is 0.462 e. The van der Waals surface area contributed by atoms with Gasteiger partial charge >= 0.3 is 11.9 Å². The molecule has 2 fully saturated rings. The quantitative estimate of drug-likeness (QED) is 0.0188. The Balaban J connectivity index is 1.82. The lowest BCUT2D eigenvalue weighted by atomic mass is 9.98. The van der Waals surface area contributed by atoms with E-state index in [0.29, 0.717) is 12.8 Å². The van der Waals surface area contributed by atoms with Crippen LogP contribution in [0.3, 0.4) is 0 Å². The van der Waals surface area contributed by atoms with Gasteiger partial charge in [0.05, 0.1) is 19.8 Å². The Kier molecular flexibility index (Phi) is 35.0. The van der Waals surface area contributed by atoms with E-state index in [0.717, 1.165) is 70.6 Å². The highest BCUT2D eigenvalue weighted by Crippen LogP contribution is 2.26. The van der Waals surface area contributed by atoms with Crippen molar-refractivity contribution in [2.75, 3.05) is 26.4 Å². The molecule has 7 N–H and O–H groups in total. The first-order chi connectivity index (χ1) is 32.0. The zero-order chi connectivity index (χ0) is 48.2. The summed E-state index contributed by atoms with van der Waals surface area (Å²) in [6, 6.07) is 0. The molecule has 11 atom stereocenters. The van der Waals surface area contributed by atoms with E-state index in [2.05, 4.69) is 50.3 Å². The van der Waals surface area contributed by atoms with Crippen molar-refractivity contribution >= 4 is 11.9 Å². The number of carbonyl (C=O) groups is 2. The summed E-state index contributed by atoms with van der Waals surface area (Å²) in [6.45, 7) is 2.47. The topological polar surface area (TPSA) is 231 Å². The molecule has 2 saturated heterocycles. The first kappa shape index (κ1) is 59.8. The lowest BCUT2D eigenvalue weighted by Crippen LogP contribution is -2.61. The first-order valence-corrected chi connectivity index (χ1v) is 25.6. The van der Waals surface area contributed by atoms with Gasteiger partial charge in [-0.05, 0) is 44.9 Å². The number of hydrogen-bond donors (Lipinski definition) is 7. The van der Waals surface area contributed by atoms with Crippen molar-refractivity contribution in [3.63, 3.8) is 0 Å². The second-order valence-corrected chi connectivity index (χ2v) is 18.0. The Morgan fingerprint density at radius 3 is 1.50 bits per heavy atom. The average molecular weight is 943 g/mol. The molecule has 0 aromatic heterocycles. The second-order valence-electron chi connectivity index (χ2n) is 18.0. The molecule has 2 heterocycles. The highest BCUT2D eigenvalue weighted by atomic mass is 16.7. The van der Waals surface area contributed by atoms with Gasteiger partial charge in [-0.25, -0.2) is 0 Å². The number of rotatable bonds is 39. The molecule has 384 valence electrons. The third-order valence-electron chi connectivity index (χ3n) is 12.1. The SMILES string of the molecule is CC/C=C\C/C=C\C/C=C\CCCCCCCC(=O)O[C@@H](COC(=O)CCCCCCCCCCCCCCCCC)CO[C@@H]1O[C@H](CO[C@H]2O[C@H](CO)[C@H](O)[C@H](O)[C@H]2O)[C@H](O)[C@H](O)[C@H]1O. The lowest BCUT2D eigenvalue weighted by molar-refractivity contribution is -0.332. The number of carbonyl (C=O) groups excluding carboxylic acids is 2. The molecule has 0 aromatic rings. The van der Waals surface area contributed by atoms with E-state index in [1.807, 2.05) is 0 Å². The Morgan fingerprint density at radius 2 is 0.955 bits per heavy atom. The third-order valence-corrected chi connectivity index (χ3v) is 12.1. The maximum absolute atomic E-state index is 13.0. The van der Waals surface area contributed by atoms with Crippen LogP contribution in [0.1, 0.15) is 181 Å². The standard InChI is InChI=1S/C51H90O15/c1-3-5-7-9-11-13-15-17-19-21-23-25-27-29-31-33-42(53)61-36-39(64-43(54)34-32-30-28-26-24-22-20-18-16-14-12-10-8-6-4-2)37-62-50-49(60)47(58)45(56)41(66-50)38-63-51-48(59)46(57)44(55)40(35-52)65-51/h6,8,12,14,18,20,39-41,44-52,55-60H,3-5,7,9-11,13,15-17,19,21-38H2,1-2H3/b8-6-,14-12-,20-18-/t39-,40+,41+,44-,45-,46-,47-,48+,49+,50+,51-/m0/s1. The third kappa shape index (κ3) is 26.5. The number of hydrogen-bond acceptors (Lipinski definition) is 15. The fourth-order valence-electron chi connectivity index (χ4n) is 7.94. The van der Waals surface area contributed by atoms with Crippen molar-refractivity contribution in [1.82, 2.24) is 0 Å². The zero-order valence-corrected chi connectivity index (χ0v) is 40.4. The average Bonchev–Trinajstić information content (AvgIpc) is 3.31. The minimum atomic E-state index is -1.77. The maximum Gasteiger partial charge on any atom is 0.306 e. The van der Waals surface area contributed by atoms with Crippen LogP contribution in [0.25, 0.3) is 0 Å². The van der Waals surface area contributed by atoms with E-state index in [9.17, 15) is 45.3 Å². The molecule has 2 aliphatic rings. The van der Waals surface area contributed by atoms with E-state index < -0.39 is 92.7 Å². The first-order valence-electron chi connectivity index (χ1n) is 25.6. The minimum absolute atomic E-state index is 0.147. The summed E-state index contributed by atoms with van der Waals surface area (Å²) in [5.41, 5.74) is 0. The molecule has 66 heavy (non-hydrogen) atoms. The van der Waals surface area contributed by atoms with E-state index in [1.165, 1.54) is 70.6 Å². The predicted molar refractivity (Wildman–Crippen MR) is 252 cm³/mol. The Hall–Kier alpha value is -2.28. The van der Waals surface area contributed by atoms with Crippen LogP contribution in [-0.2, 0) is 38.0 Å². The number of aliphatic hydroxyl groups excluding tert-OH is 7. The summed E-state index contributed by atoms with van der Waals surface area (Å²) < 4.78 is 33.6. The van der Waals surface area contributed by atoms with E-state index in [4.69, 9.17) is 28.4 Å². The van der Waals surface area contributed by atoms with Crippen LogP contribution >= 0.6 is 0 Å². The molecule has 0 bridgehead atoms. The summed E-state index contributed by atoms with van der Waals surface area (Å²) in [4.78, 5) is 25.7. The normalized spacial score (nSPS) is 26.4. The number of aliphatic hydroxyl groups is 7. The van der Waals surface area contributed by atoms with Gasteiger partial charge in [0.1, 0.15) is 55.4 Å². The molecule has 0 aliphatic carbocycles. The number of allylic oxidation sites excluding steroid dienone is 6. The fraction of sp³-hybridized carbons (Fsp3) is 0.843. The monoisotopic (exact) mass is 943 g/mol.